The lowest BCUT2D eigenvalue weighted by molar-refractivity contribution is -0.138. The second-order valence-corrected chi connectivity index (χ2v) is 6.79. The third-order valence-electron chi connectivity index (χ3n) is 4.75. The lowest BCUT2D eigenvalue weighted by atomic mass is 10.1. The molecule has 1 saturated heterocycles. The van der Waals surface area contributed by atoms with Gasteiger partial charge in [-0.3, -0.25) is 4.79 Å². The Hall–Kier alpha value is -3.24. The Balaban J connectivity index is 1.56. The lowest BCUT2D eigenvalue weighted by Crippen LogP contribution is -2.53. The average Bonchev–Trinajstić information content (AvgIpc) is 3.17. The zero-order valence-electron chi connectivity index (χ0n) is 16.5. The van der Waals surface area contributed by atoms with Crippen LogP contribution in [0.2, 0.25) is 0 Å². The van der Waals surface area contributed by atoms with Crippen molar-refractivity contribution in [3.8, 4) is 5.75 Å². The average molecular weight is 426 g/mol. The molecule has 1 aromatic carbocycles. The number of piperazine rings is 1. The molecule has 0 bridgehead atoms. The van der Waals surface area contributed by atoms with E-state index < -0.39 is 17.8 Å². The molecule has 0 spiro atoms. The fourth-order valence-corrected chi connectivity index (χ4v) is 3.12. The van der Waals surface area contributed by atoms with Crippen molar-refractivity contribution < 1.29 is 32.0 Å². The van der Waals surface area contributed by atoms with Gasteiger partial charge in [-0.15, -0.1) is 0 Å². The minimum atomic E-state index is -4.57. The van der Waals surface area contributed by atoms with E-state index in [0.717, 1.165) is 6.07 Å². The molecule has 0 unspecified atom stereocenters. The van der Waals surface area contributed by atoms with Crippen molar-refractivity contribution in [3.05, 3.63) is 46.8 Å². The molecular weight excluding hydrogens is 405 g/mol. The molecule has 3 rings (SSSR count). The van der Waals surface area contributed by atoms with Gasteiger partial charge < -0.3 is 24.4 Å². The fourth-order valence-electron chi connectivity index (χ4n) is 3.12. The van der Waals surface area contributed by atoms with Crippen molar-refractivity contribution in [1.82, 2.24) is 20.3 Å². The van der Waals surface area contributed by atoms with Crippen LogP contribution in [0.4, 0.5) is 18.0 Å². The number of ether oxygens (including phenoxy) is 1. The molecule has 0 atom stereocenters. The first-order valence-corrected chi connectivity index (χ1v) is 9.18. The number of aryl methyl sites for hydroxylation is 1. The van der Waals surface area contributed by atoms with Gasteiger partial charge in [-0.05, 0) is 24.6 Å². The van der Waals surface area contributed by atoms with Crippen LogP contribution >= 0.6 is 0 Å². The summed E-state index contributed by atoms with van der Waals surface area (Å²) < 4.78 is 49.6. The van der Waals surface area contributed by atoms with Crippen molar-refractivity contribution in [2.45, 2.75) is 19.6 Å². The highest BCUT2D eigenvalue weighted by molar-refractivity contribution is 5.91. The number of nitrogens with zero attached hydrogens (tertiary/aromatic N) is 3. The standard InChI is InChI=1S/C19H21F3N4O4/c1-12-9-16(30-24-12)17(27)25-5-7-26(8-6-25)18(28)23-11-13-3-4-14(29-2)10-15(13)19(20,21)22/h3-4,9-10H,5-8,11H2,1-2H3,(H,23,28). The first-order chi connectivity index (χ1) is 14.2. The zero-order chi connectivity index (χ0) is 21.9. The molecule has 8 nitrogen and oxygen atoms in total. The van der Waals surface area contributed by atoms with Crippen LogP contribution in [0.3, 0.4) is 0 Å². The molecule has 0 saturated carbocycles. The molecule has 1 fully saturated rings. The number of urea groups is 1. The summed E-state index contributed by atoms with van der Waals surface area (Å²) in [5.41, 5.74) is -0.334. The first kappa shape index (κ1) is 21.5. The molecule has 0 radical (unpaired) electrons. The van der Waals surface area contributed by atoms with Gasteiger partial charge >= 0.3 is 12.2 Å². The van der Waals surface area contributed by atoms with Crippen molar-refractivity contribution in [1.29, 1.82) is 0 Å². The van der Waals surface area contributed by atoms with Crippen molar-refractivity contribution in [3.63, 3.8) is 0 Å². The van der Waals surface area contributed by atoms with E-state index in [1.165, 1.54) is 35.1 Å². The molecule has 11 heteroatoms. The number of hydrogen-bond donors (Lipinski definition) is 1. The number of carbonyl (C=O) groups is 2. The smallest absolute Gasteiger partial charge is 0.416 e. The van der Waals surface area contributed by atoms with Crippen LogP contribution in [0, 0.1) is 6.92 Å². The number of carbonyl (C=O) groups excluding carboxylic acids is 2. The number of aromatic nitrogens is 1. The number of nitrogens with one attached hydrogen (secondary N) is 1. The summed E-state index contributed by atoms with van der Waals surface area (Å²) in [6.45, 7) is 2.48. The van der Waals surface area contributed by atoms with E-state index in [1.807, 2.05) is 0 Å². The van der Waals surface area contributed by atoms with E-state index in [9.17, 15) is 22.8 Å². The monoisotopic (exact) mass is 426 g/mol. The maximum absolute atomic E-state index is 13.3. The van der Waals surface area contributed by atoms with Gasteiger partial charge in [0.15, 0.2) is 0 Å². The van der Waals surface area contributed by atoms with Gasteiger partial charge in [0.05, 0.1) is 18.4 Å². The maximum Gasteiger partial charge on any atom is 0.416 e. The largest absolute Gasteiger partial charge is 0.497 e. The summed E-state index contributed by atoms with van der Waals surface area (Å²) in [4.78, 5) is 27.7. The SMILES string of the molecule is COc1ccc(CNC(=O)N2CCN(C(=O)c3cc(C)no3)CC2)c(C(F)(F)F)c1. The van der Waals surface area contributed by atoms with Crippen LogP contribution in [0.1, 0.15) is 27.4 Å². The molecule has 1 aliphatic heterocycles. The number of halogens is 3. The van der Waals surface area contributed by atoms with E-state index in [2.05, 4.69) is 10.5 Å². The Labute approximate surface area is 170 Å². The summed E-state index contributed by atoms with van der Waals surface area (Å²) in [6, 6.07) is 4.62. The Bertz CT molecular complexity index is 921. The van der Waals surface area contributed by atoms with Crippen molar-refractivity contribution in [2.75, 3.05) is 33.3 Å². The molecule has 162 valence electrons. The number of rotatable bonds is 4. The second-order valence-electron chi connectivity index (χ2n) is 6.79. The zero-order valence-corrected chi connectivity index (χ0v) is 16.5. The highest BCUT2D eigenvalue weighted by atomic mass is 19.4. The Morgan fingerprint density at radius 2 is 1.83 bits per heavy atom. The number of benzene rings is 1. The minimum Gasteiger partial charge on any atom is -0.497 e. The summed E-state index contributed by atoms with van der Waals surface area (Å²) in [5.74, 6) is -0.103. The van der Waals surface area contributed by atoms with Gasteiger partial charge in [0.25, 0.3) is 5.91 Å². The Kier molecular flexibility index (Phi) is 6.18. The third-order valence-corrected chi connectivity index (χ3v) is 4.75. The van der Waals surface area contributed by atoms with Crippen molar-refractivity contribution >= 4 is 11.9 Å². The molecule has 0 aliphatic carbocycles. The molecular formula is C19H21F3N4O4. The van der Waals surface area contributed by atoms with Gasteiger partial charge in [-0.2, -0.15) is 13.2 Å². The van der Waals surface area contributed by atoms with Gasteiger partial charge in [-0.1, -0.05) is 11.2 Å². The Morgan fingerprint density at radius 1 is 1.17 bits per heavy atom. The van der Waals surface area contributed by atoms with Crippen LogP contribution in [0.5, 0.6) is 5.75 Å². The highest BCUT2D eigenvalue weighted by Crippen LogP contribution is 2.34. The van der Waals surface area contributed by atoms with Crippen LogP contribution in [-0.2, 0) is 12.7 Å². The maximum atomic E-state index is 13.3. The molecule has 1 aromatic heterocycles. The van der Waals surface area contributed by atoms with Gasteiger partial charge in [0.1, 0.15) is 5.75 Å². The van der Waals surface area contributed by atoms with E-state index in [4.69, 9.17) is 9.26 Å². The summed E-state index contributed by atoms with van der Waals surface area (Å²) in [6.07, 6.45) is -4.57. The molecule has 1 N–H and O–H groups in total. The quantitative estimate of drug-likeness (QED) is 0.812. The predicted octanol–water partition coefficient (Wildman–Crippen LogP) is 2.68. The molecule has 30 heavy (non-hydrogen) atoms. The predicted molar refractivity (Wildman–Crippen MR) is 98.9 cm³/mol. The molecule has 2 heterocycles. The van der Waals surface area contributed by atoms with Gasteiger partial charge in [-0.25, -0.2) is 4.79 Å². The van der Waals surface area contributed by atoms with E-state index in [1.54, 1.807) is 6.92 Å². The van der Waals surface area contributed by atoms with Crippen LogP contribution in [-0.4, -0.2) is 60.2 Å². The van der Waals surface area contributed by atoms with Crippen LogP contribution < -0.4 is 10.1 Å². The summed E-state index contributed by atoms with van der Waals surface area (Å²) in [7, 11) is 1.28. The first-order valence-electron chi connectivity index (χ1n) is 9.18. The fraction of sp³-hybridized carbons (Fsp3) is 0.421. The number of amides is 3. The number of alkyl halides is 3. The van der Waals surface area contributed by atoms with Crippen molar-refractivity contribution in [2.24, 2.45) is 0 Å². The minimum absolute atomic E-state index is 0.0637. The van der Waals surface area contributed by atoms with Crippen LogP contribution in [0.25, 0.3) is 0 Å². The Morgan fingerprint density at radius 3 is 2.40 bits per heavy atom. The van der Waals surface area contributed by atoms with E-state index in [-0.39, 0.29) is 55.7 Å². The summed E-state index contributed by atoms with van der Waals surface area (Å²) >= 11 is 0. The number of methoxy groups -OCH3 is 1. The highest BCUT2D eigenvalue weighted by Gasteiger charge is 2.34. The van der Waals surface area contributed by atoms with E-state index >= 15 is 0 Å². The van der Waals surface area contributed by atoms with Gasteiger partial charge in [0, 0.05) is 38.8 Å². The number of hydrogen-bond acceptors (Lipinski definition) is 5. The second kappa shape index (κ2) is 8.64. The third kappa shape index (κ3) is 4.84. The molecule has 1 aliphatic rings. The molecule has 2 aromatic rings. The van der Waals surface area contributed by atoms with E-state index in [0.29, 0.717) is 5.69 Å². The lowest BCUT2D eigenvalue weighted by Gasteiger charge is -2.34. The topological polar surface area (TPSA) is 87.9 Å². The van der Waals surface area contributed by atoms with Crippen LogP contribution in [0.15, 0.2) is 28.8 Å². The van der Waals surface area contributed by atoms with Gasteiger partial charge in [0.2, 0.25) is 5.76 Å². The summed E-state index contributed by atoms with van der Waals surface area (Å²) in [5, 5.41) is 6.19. The normalized spacial score (nSPS) is 14.6. The molecule has 3 amide bonds.